The molecule has 9 nitrogen and oxygen atoms in total. The van der Waals surface area contributed by atoms with Gasteiger partial charge in [0.15, 0.2) is 0 Å². The Labute approximate surface area is 194 Å². The number of ether oxygens (including phenoxy) is 1. The number of urea groups is 2. The quantitative estimate of drug-likeness (QED) is 0.697. The standard InChI is InChI=1S/C21H21Cl2N5O4/c22-14-2-4-15(5-3-14)24-20(30)27-8-1-9-28(27)21(31)25-16-6-7-18(17(23)12-16)26-10-11-32-13-19(26)29/h2-7,12H,1,8-11,13H2,(H,24,30)(H,25,31). The van der Waals surface area contributed by atoms with E-state index in [0.717, 1.165) is 0 Å². The average molecular weight is 478 g/mol. The zero-order valence-electron chi connectivity index (χ0n) is 17.0. The van der Waals surface area contributed by atoms with Gasteiger partial charge in [-0.05, 0) is 48.9 Å². The Balaban J connectivity index is 1.41. The summed E-state index contributed by atoms with van der Waals surface area (Å²) in [6.07, 6.45) is 0.653. The molecule has 168 valence electrons. The van der Waals surface area contributed by atoms with Crippen molar-refractivity contribution < 1.29 is 19.1 Å². The molecule has 2 aromatic rings. The van der Waals surface area contributed by atoms with E-state index in [2.05, 4.69) is 10.6 Å². The number of rotatable bonds is 3. The van der Waals surface area contributed by atoms with Crippen LogP contribution in [0.2, 0.25) is 10.0 Å². The van der Waals surface area contributed by atoms with Crippen molar-refractivity contribution in [2.75, 3.05) is 48.4 Å². The number of morpholine rings is 1. The Hall–Kier alpha value is -3.01. The average Bonchev–Trinajstić information content (AvgIpc) is 3.27. The highest BCUT2D eigenvalue weighted by molar-refractivity contribution is 6.34. The summed E-state index contributed by atoms with van der Waals surface area (Å²) in [5.41, 5.74) is 1.59. The van der Waals surface area contributed by atoms with Gasteiger partial charge >= 0.3 is 12.1 Å². The van der Waals surface area contributed by atoms with Crippen molar-refractivity contribution in [2.24, 2.45) is 0 Å². The molecule has 4 rings (SSSR count). The number of carbonyl (C=O) groups excluding carboxylic acids is 3. The van der Waals surface area contributed by atoms with Gasteiger partial charge in [-0.3, -0.25) is 4.79 Å². The number of halogens is 2. The molecule has 32 heavy (non-hydrogen) atoms. The molecule has 0 aliphatic carbocycles. The van der Waals surface area contributed by atoms with E-state index in [4.69, 9.17) is 27.9 Å². The highest BCUT2D eigenvalue weighted by Gasteiger charge is 2.31. The normalized spacial score (nSPS) is 16.3. The van der Waals surface area contributed by atoms with Gasteiger partial charge in [-0.1, -0.05) is 23.2 Å². The van der Waals surface area contributed by atoms with Gasteiger partial charge in [0.1, 0.15) is 6.61 Å². The number of carbonyl (C=O) groups is 3. The maximum Gasteiger partial charge on any atom is 0.340 e. The molecule has 0 unspecified atom stereocenters. The monoisotopic (exact) mass is 477 g/mol. The van der Waals surface area contributed by atoms with E-state index in [1.165, 1.54) is 10.0 Å². The Morgan fingerprint density at radius 2 is 1.50 bits per heavy atom. The third-order valence-electron chi connectivity index (χ3n) is 5.07. The molecule has 2 N–H and O–H groups in total. The van der Waals surface area contributed by atoms with Crippen molar-refractivity contribution in [1.82, 2.24) is 10.0 Å². The number of hydrogen-bond acceptors (Lipinski definition) is 4. The highest BCUT2D eigenvalue weighted by atomic mass is 35.5. The van der Waals surface area contributed by atoms with Crippen molar-refractivity contribution in [3.05, 3.63) is 52.5 Å². The molecule has 0 radical (unpaired) electrons. The Morgan fingerprint density at radius 3 is 2.12 bits per heavy atom. The zero-order chi connectivity index (χ0) is 22.7. The third kappa shape index (κ3) is 4.90. The first-order valence-corrected chi connectivity index (χ1v) is 10.8. The predicted molar refractivity (Wildman–Crippen MR) is 122 cm³/mol. The van der Waals surface area contributed by atoms with Gasteiger partial charge in [-0.2, -0.15) is 0 Å². The molecule has 0 bridgehead atoms. The lowest BCUT2D eigenvalue weighted by molar-refractivity contribution is -0.125. The maximum absolute atomic E-state index is 12.8. The van der Waals surface area contributed by atoms with Crippen LogP contribution in [0.15, 0.2) is 42.5 Å². The summed E-state index contributed by atoms with van der Waals surface area (Å²) in [6.45, 7) is 1.66. The summed E-state index contributed by atoms with van der Waals surface area (Å²) in [4.78, 5) is 39.1. The molecule has 2 heterocycles. The van der Waals surface area contributed by atoms with Crippen LogP contribution in [0, 0.1) is 0 Å². The molecule has 11 heteroatoms. The molecular weight excluding hydrogens is 457 g/mol. The Bertz CT molecular complexity index is 1030. The molecule has 2 aromatic carbocycles. The van der Waals surface area contributed by atoms with Crippen molar-refractivity contribution in [3.8, 4) is 0 Å². The molecule has 2 aliphatic heterocycles. The first-order valence-electron chi connectivity index (χ1n) is 10.0. The van der Waals surface area contributed by atoms with Crippen LogP contribution in [0.1, 0.15) is 6.42 Å². The lowest BCUT2D eigenvalue weighted by Gasteiger charge is -2.29. The number of amides is 5. The molecule has 2 fully saturated rings. The van der Waals surface area contributed by atoms with E-state index in [0.29, 0.717) is 59.8 Å². The first-order chi connectivity index (χ1) is 15.4. The fourth-order valence-electron chi connectivity index (χ4n) is 3.52. The number of nitrogens with one attached hydrogen (secondary N) is 2. The summed E-state index contributed by atoms with van der Waals surface area (Å²) in [7, 11) is 0. The topological polar surface area (TPSA) is 94.2 Å². The number of hydrazine groups is 1. The Morgan fingerprint density at radius 1 is 0.875 bits per heavy atom. The van der Waals surface area contributed by atoms with Crippen LogP contribution in [0.3, 0.4) is 0 Å². The lowest BCUT2D eigenvalue weighted by atomic mass is 10.2. The Kier molecular flexibility index (Phi) is 6.69. The summed E-state index contributed by atoms with van der Waals surface area (Å²) >= 11 is 12.2. The van der Waals surface area contributed by atoms with Crippen LogP contribution in [0.4, 0.5) is 26.7 Å². The third-order valence-corrected chi connectivity index (χ3v) is 5.63. The second-order valence-corrected chi connectivity index (χ2v) is 8.07. The van der Waals surface area contributed by atoms with E-state index in [1.54, 1.807) is 47.4 Å². The molecule has 0 saturated carbocycles. The summed E-state index contributed by atoms with van der Waals surface area (Å²) in [6, 6.07) is 10.7. The van der Waals surface area contributed by atoms with Crippen molar-refractivity contribution in [2.45, 2.75) is 6.42 Å². The number of benzene rings is 2. The maximum atomic E-state index is 12.8. The largest absolute Gasteiger partial charge is 0.370 e. The van der Waals surface area contributed by atoms with Crippen LogP contribution in [-0.2, 0) is 9.53 Å². The molecule has 0 atom stereocenters. The van der Waals surface area contributed by atoms with Crippen LogP contribution >= 0.6 is 23.2 Å². The van der Waals surface area contributed by atoms with Gasteiger partial charge in [0.25, 0.3) is 5.91 Å². The van der Waals surface area contributed by atoms with Gasteiger partial charge in [-0.25, -0.2) is 19.6 Å². The molecule has 0 spiro atoms. The predicted octanol–water partition coefficient (Wildman–Crippen LogP) is 4.04. The lowest BCUT2D eigenvalue weighted by Crippen LogP contribution is -2.48. The molecule has 2 aliphatic rings. The molecule has 5 amide bonds. The second kappa shape index (κ2) is 9.64. The minimum absolute atomic E-state index is 0.0116. The fraction of sp³-hybridized carbons (Fsp3) is 0.286. The zero-order valence-corrected chi connectivity index (χ0v) is 18.5. The van der Waals surface area contributed by atoms with Crippen LogP contribution in [0.25, 0.3) is 0 Å². The SMILES string of the molecule is O=C1COCCN1c1ccc(NC(=O)N2CCCN2C(=O)Nc2ccc(Cl)cc2)cc1Cl. The second-order valence-electron chi connectivity index (χ2n) is 7.23. The van der Waals surface area contributed by atoms with E-state index < -0.39 is 12.1 Å². The van der Waals surface area contributed by atoms with Gasteiger partial charge in [-0.15, -0.1) is 0 Å². The van der Waals surface area contributed by atoms with Crippen molar-refractivity contribution >= 4 is 58.2 Å². The van der Waals surface area contributed by atoms with Gasteiger partial charge in [0.2, 0.25) is 0 Å². The number of hydrogen-bond donors (Lipinski definition) is 2. The van der Waals surface area contributed by atoms with Gasteiger partial charge in [0.05, 0.1) is 17.3 Å². The first kappa shape index (κ1) is 22.2. The summed E-state index contributed by atoms with van der Waals surface area (Å²) in [5.74, 6) is -0.172. The van der Waals surface area contributed by atoms with E-state index >= 15 is 0 Å². The number of anilines is 3. The fourth-order valence-corrected chi connectivity index (χ4v) is 3.93. The van der Waals surface area contributed by atoms with Crippen LogP contribution in [0.5, 0.6) is 0 Å². The minimum atomic E-state index is -0.458. The summed E-state index contributed by atoms with van der Waals surface area (Å²) < 4.78 is 5.14. The molecular formula is C21H21Cl2N5O4. The van der Waals surface area contributed by atoms with Crippen molar-refractivity contribution in [3.63, 3.8) is 0 Å². The van der Waals surface area contributed by atoms with E-state index in [1.807, 2.05) is 0 Å². The number of nitrogens with zero attached hydrogens (tertiary/aromatic N) is 3. The highest BCUT2D eigenvalue weighted by Crippen LogP contribution is 2.30. The summed E-state index contributed by atoms with van der Waals surface area (Å²) in [5, 5.41) is 9.10. The smallest absolute Gasteiger partial charge is 0.340 e. The molecule has 2 saturated heterocycles. The van der Waals surface area contributed by atoms with Crippen molar-refractivity contribution in [1.29, 1.82) is 0 Å². The minimum Gasteiger partial charge on any atom is -0.370 e. The van der Waals surface area contributed by atoms with E-state index in [9.17, 15) is 14.4 Å². The van der Waals surface area contributed by atoms with E-state index in [-0.39, 0.29) is 12.5 Å². The van der Waals surface area contributed by atoms with Crippen LogP contribution in [-0.4, -0.2) is 60.8 Å². The van der Waals surface area contributed by atoms with Gasteiger partial charge in [0, 0.05) is 36.0 Å². The van der Waals surface area contributed by atoms with Gasteiger partial charge < -0.3 is 20.3 Å². The molecule has 0 aromatic heterocycles. The van der Waals surface area contributed by atoms with Crippen LogP contribution < -0.4 is 15.5 Å².